The lowest BCUT2D eigenvalue weighted by atomic mass is 10.2. The molecule has 0 aliphatic rings. The Balaban J connectivity index is 0.000000921. The normalized spacial score (nSPS) is 8.57. The molecule has 2 rings (SSSR count). The number of benzene rings is 2. The first-order valence-corrected chi connectivity index (χ1v) is 7.17. The Kier molecular flexibility index (Phi) is 10.2. The molecule has 0 spiro atoms. The van der Waals surface area contributed by atoms with Gasteiger partial charge in [0.2, 0.25) is 0 Å². The minimum absolute atomic E-state index is 0.0826. The molecule has 0 heterocycles. The fourth-order valence-corrected chi connectivity index (χ4v) is 1.44. The maximum absolute atomic E-state index is 10.6. The largest absolute Gasteiger partial charge is 0.489 e. The van der Waals surface area contributed by atoms with Crippen LogP contribution in [0.4, 0.5) is 5.69 Å². The second-order valence-corrected chi connectivity index (χ2v) is 3.53. The molecule has 0 aromatic heterocycles. The van der Waals surface area contributed by atoms with Crippen molar-refractivity contribution in [3.05, 3.63) is 70.3 Å². The maximum Gasteiger partial charge on any atom is 0.269 e. The lowest BCUT2D eigenvalue weighted by molar-refractivity contribution is -0.384. The zero-order valence-corrected chi connectivity index (χ0v) is 13.1. The van der Waals surface area contributed by atoms with Crippen molar-refractivity contribution in [2.45, 2.75) is 34.3 Å². The molecule has 21 heavy (non-hydrogen) atoms. The van der Waals surface area contributed by atoms with Crippen LogP contribution < -0.4 is 4.74 Å². The van der Waals surface area contributed by atoms with Crippen LogP contribution in [0.5, 0.6) is 5.75 Å². The summed E-state index contributed by atoms with van der Waals surface area (Å²) in [4.78, 5) is 10.2. The van der Waals surface area contributed by atoms with Crippen LogP contribution >= 0.6 is 0 Å². The van der Waals surface area contributed by atoms with Gasteiger partial charge in [-0.2, -0.15) is 0 Å². The first kappa shape index (κ1) is 18.6. The SMILES string of the molecule is CC.CC.O=[N+]([O-])c1cccc(COc2ccccc2)c1. The molecule has 0 bridgehead atoms. The zero-order valence-electron chi connectivity index (χ0n) is 13.1. The molecule has 0 amide bonds. The third kappa shape index (κ3) is 7.11. The molecule has 0 fully saturated rings. The van der Waals surface area contributed by atoms with Gasteiger partial charge >= 0.3 is 0 Å². The molecule has 0 saturated heterocycles. The van der Waals surface area contributed by atoms with E-state index in [2.05, 4.69) is 0 Å². The van der Waals surface area contributed by atoms with E-state index < -0.39 is 4.92 Å². The van der Waals surface area contributed by atoms with Gasteiger partial charge in [0.1, 0.15) is 12.4 Å². The molecule has 0 N–H and O–H groups in total. The van der Waals surface area contributed by atoms with Gasteiger partial charge in [-0.1, -0.05) is 58.0 Å². The van der Waals surface area contributed by atoms with Crippen LogP contribution in [0.3, 0.4) is 0 Å². The van der Waals surface area contributed by atoms with E-state index in [1.165, 1.54) is 12.1 Å². The van der Waals surface area contributed by atoms with Gasteiger partial charge in [0.05, 0.1) is 4.92 Å². The van der Waals surface area contributed by atoms with E-state index >= 15 is 0 Å². The van der Waals surface area contributed by atoms with Crippen LogP contribution in [-0.2, 0) is 6.61 Å². The highest BCUT2D eigenvalue weighted by molar-refractivity contribution is 5.34. The predicted octanol–water partition coefficient (Wildman–Crippen LogP) is 5.23. The van der Waals surface area contributed by atoms with Gasteiger partial charge in [-0.25, -0.2) is 0 Å². The van der Waals surface area contributed by atoms with Crippen molar-refractivity contribution >= 4 is 5.69 Å². The average Bonchev–Trinajstić information content (AvgIpc) is 2.58. The standard InChI is InChI=1S/C13H11NO3.2C2H6/c15-14(16)12-6-4-5-11(9-12)10-17-13-7-2-1-3-8-13;2*1-2/h1-9H,10H2;2*1-2H3. The predicted molar refractivity (Wildman–Crippen MR) is 86.6 cm³/mol. The number of para-hydroxylation sites is 1. The number of ether oxygens (including phenoxy) is 1. The van der Waals surface area contributed by atoms with Crippen molar-refractivity contribution in [1.82, 2.24) is 0 Å². The monoisotopic (exact) mass is 289 g/mol. The second kappa shape index (κ2) is 11.5. The summed E-state index contributed by atoms with van der Waals surface area (Å²) in [5, 5.41) is 10.6. The average molecular weight is 289 g/mol. The van der Waals surface area contributed by atoms with Crippen LogP contribution in [0.1, 0.15) is 33.3 Å². The molecule has 0 radical (unpaired) electrons. The van der Waals surface area contributed by atoms with E-state index in [4.69, 9.17) is 4.74 Å². The zero-order chi connectivity index (χ0) is 16.1. The van der Waals surface area contributed by atoms with Crippen molar-refractivity contribution in [2.75, 3.05) is 0 Å². The van der Waals surface area contributed by atoms with Crippen LogP contribution in [0.2, 0.25) is 0 Å². The van der Waals surface area contributed by atoms with Gasteiger partial charge < -0.3 is 4.74 Å². The fraction of sp³-hybridized carbons (Fsp3) is 0.294. The summed E-state index contributed by atoms with van der Waals surface area (Å²) in [7, 11) is 0. The van der Waals surface area contributed by atoms with Gasteiger partial charge in [-0.15, -0.1) is 0 Å². The van der Waals surface area contributed by atoms with E-state index in [1.54, 1.807) is 12.1 Å². The van der Waals surface area contributed by atoms with Crippen LogP contribution in [0, 0.1) is 10.1 Å². The van der Waals surface area contributed by atoms with Crippen molar-refractivity contribution in [2.24, 2.45) is 0 Å². The summed E-state index contributed by atoms with van der Waals surface area (Å²) < 4.78 is 5.50. The van der Waals surface area contributed by atoms with E-state index in [0.717, 1.165) is 11.3 Å². The summed E-state index contributed by atoms with van der Waals surface area (Å²) in [6.45, 7) is 8.33. The van der Waals surface area contributed by atoms with Crippen molar-refractivity contribution in [1.29, 1.82) is 0 Å². The van der Waals surface area contributed by atoms with Gasteiger partial charge in [0.25, 0.3) is 5.69 Å². The number of hydrogen-bond acceptors (Lipinski definition) is 3. The molecule has 0 atom stereocenters. The lowest BCUT2D eigenvalue weighted by Crippen LogP contribution is -1.96. The highest BCUT2D eigenvalue weighted by atomic mass is 16.6. The summed E-state index contributed by atoms with van der Waals surface area (Å²) in [6.07, 6.45) is 0. The van der Waals surface area contributed by atoms with Crippen molar-refractivity contribution in [3.63, 3.8) is 0 Å². The first-order valence-electron chi connectivity index (χ1n) is 7.17. The summed E-state index contributed by atoms with van der Waals surface area (Å²) in [5.74, 6) is 0.749. The second-order valence-electron chi connectivity index (χ2n) is 3.53. The highest BCUT2D eigenvalue weighted by Crippen LogP contribution is 2.16. The topological polar surface area (TPSA) is 52.4 Å². The number of rotatable bonds is 4. The van der Waals surface area contributed by atoms with Gasteiger partial charge in [0, 0.05) is 12.1 Å². The summed E-state index contributed by atoms with van der Waals surface area (Å²) >= 11 is 0. The Morgan fingerprint density at radius 2 is 1.57 bits per heavy atom. The quantitative estimate of drug-likeness (QED) is 0.572. The number of nitro groups is 1. The number of hydrogen-bond donors (Lipinski definition) is 0. The molecule has 4 heteroatoms. The van der Waals surface area contributed by atoms with Gasteiger partial charge in [-0.05, 0) is 17.7 Å². The molecule has 2 aromatic carbocycles. The Morgan fingerprint density at radius 3 is 2.14 bits per heavy atom. The Labute approximate surface area is 126 Å². The van der Waals surface area contributed by atoms with Gasteiger partial charge in [-0.3, -0.25) is 10.1 Å². The van der Waals surface area contributed by atoms with E-state index in [0.29, 0.717) is 6.61 Å². The van der Waals surface area contributed by atoms with Crippen molar-refractivity contribution in [3.8, 4) is 5.75 Å². The molecule has 114 valence electrons. The number of non-ortho nitro benzene ring substituents is 1. The smallest absolute Gasteiger partial charge is 0.269 e. The Morgan fingerprint density at radius 1 is 0.952 bits per heavy atom. The molecule has 4 nitrogen and oxygen atoms in total. The molecule has 0 aliphatic carbocycles. The minimum atomic E-state index is -0.411. The van der Waals surface area contributed by atoms with Gasteiger partial charge in [0.15, 0.2) is 0 Å². The maximum atomic E-state index is 10.6. The molecular weight excluding hydrogens is 266 g/mol. The van der Waals surface area contributed by atoms with Crippen LogP contribution in [0.15, 0.2) is 54.6 Å². The molecule has 0 saturated carbocycles. The number of nitrogens with zero attached hydrogens (tertiary/aromatic N) is 1. The first-order chi connectivity index (χ1) is 10.3. The fourth-order valence-electron chi connectivity index (χ4n) is 1.44. The molecular formula is C17H23NO3. The summed E-state index contributed by atoms with van der Waals surface area (Å²) in [6, 6.07) is 15.8. The van der Waals surface area contributed by atoms with Crippen LogP contribution in [0.25, 0.3) is 0 Å². The van der Waals surface area contributed by atoms with E-state index in [-0.39, 0.29) is 5.69 Å². The number of nitro benzene ring substituents is 1. The lowest BCUT2D eigenvalue weighted by Gasteiger charge is -2.05. The molecule has 2 aromatic rings. The third-order valence-electron chi connectivity index (χ3n) is 2.27. The third-order valence-corrected chi connectivity index (χ3v) is 2.27. The van der Waals surface area contributed by atoms with Crippen molar-refractivity contribution < 1.29 is 9.66 Å². The summed E-state index contributed by atoms with van der Waals surface area (Å²) in [5.41, 5.74) is 0.863. The Bertz CT molecular complexity index is 512. The Hall–Kier alpha value is -2.36. The highest BCUT2D eigenvalue weighted by Gasteiger charge is 2.05. The van der Waals surface area contributed by atoms with E-state index in [9.17, 15) is 10.1 Å². The van der Waals surface area contributed by atoms with E-state index in [1.807, 2.05) is 58.0 Å². The molecule has 0 aliphatic heterocycles. The molecule has 0 unspecified atom stereocenters. The van der Waals surface area contributed by atoms with Crippen LogP contribution in [-0.4, -0.2) is 4.92 Å². The minimum Gasteiger partial charge on any atom is -0.489 e.